The predicted molar refractivity (Wildman–Crippen MR) is 106 cm³/mol. The van der Waals surface area contributed by atoms with Gasteiger partial charge in [0.1, 0.15) is 5.82 Å². The zero-order valence-electron chi connectivity index (χ0n) is 15.9. The van der Waals surface area contributed by atoms with E-state index in [0.717, 1.165) is 11.1 Å². The average molecular weight is 405 g/mol. The third kappa shape index (κ3) is 5.17. The van der Waals surface area contributed by atoms with Crippen molar-refractivity contribution < 1.29 is 17.6 Å². The third-order valence-electron chi connectivity index (χ3n) is 5.12. The molecule has 0 aliphatic carbocycles. The lowest BCUT2D eigenvalue weighted by molar-refractivity contribution is -0.126. The number of sulfonamides is 1. The minimum absolute atomic E-state index is 0.120. The Morgan fingerprint density at radius 3 is 2.61 bits per heavy atom. The molecular weight excluding hydrogens is 379 g/mol. The number of rotatable bonds is 6. The molecule has 0 radical (unpaired) electrons. The van der Waals surface area contributed by atoms with Crippen molar-refractivity contribution in [3.63, 3.8) is 0 Å². The van der Waals surface area contributed by atoms with Crippen molar-refractivity contribution in [1.82, 2.24) is 9.62 Å². The van der Waals surface area contributed by atoms with Crippen molar-refractivity contribution in [3.05, 3.63) is 71.0 Å². The van der Waals surface area contributed by atoms with Crippen molar-refractivity contribution in [3.8, 4) is 0 Å². The Balaban J connectivity index is 1.60. The van der Waals surface area contributed by atoms with Gasteiger partial charge < -0.3 is 5.32 Å². The topological polar surface area (TPSA) is 66.5 Å². The number of benzene rings is 2. The highest BCUT2D eigenvalue weighted by atomic mass is 32.2. The fourth-order valence-corrected chi connectivity index (χ4v) is 5.04. The number of carbonyl (C=O) groups excluding carboxylic acids is 1. The third-order valence-corrected chi connectivity index (χ3v) is 6.94. The normalized spacial score (nSPS) is 18.0. The zero-order chi connectivity index (χ0) is 20.1. The summed E-state index contributed by atoms with van der Waals surface area (Å²) >= 11 is 0. The van der Waals surface area contributed by atoms with Crippen LogP contribution in [0, 0.1) is 18.7 Å². The maximum absolute atomic E-state index is 13.0. The van der Waals surface area contributed by atoms with E-state index in [-0.39, 0.29) is 24.1 Å². The molecule has 1 aliphatic heterocycles. The Bertz CT molecular complexity index is 929. The van der Waals surface area contributed by atoms with E-state index < -0.39 is 15.8 Å². The fourth-order valence-electron chi connectivity index (χ4n) is 3.43. The molecule has 1 saturated heterocycles. The van der Waals surface area contributed by atoms with Crippen molar-refractivity contribution in [2.45, 2.75) is 32.1 Å². The molecule has 5 nitrogen and oxygen atoms in total. The fraction of sp³-hybridized carbons (Fsp3) is 0.381. The Kier molecular flexibility index (Phi) is 6.46. The highest BCUT2D eigenvalue weighted by molar-refractivity contribution is 7.88. The molecule has 1 fully saturated rings. The Morgan fingerprint density at radius 2 is 1.89 bits per heavy atom. The van der Waals surface area contributed by atoms with Gasteiger partial charge in [-0.2, -0.15) is 0 Å². The lowest BCUT2D eigenvalue weighted by Crippen LogP contribution is -2.45. The molecule has 1 atom stereocenters. The van der Waals surface area contributed by atoms with Gasteiger partial charge in [-0.1, -0.05) is 36.4 Å². The molecule has 1 unspecified atom stereocenters. The summed E-state index contributed by atoms with van der Waals surface area (Å²) in [5.74, 6) is -1.07. The van der Waals surface area contributed by atoms with Crippen LogP contribution in [0.5, 0.6) is 0 Å². The van der Waals surface area contributed by atoms with E-state index in [1.54, 1.807) is 0 Å². The highest BCUT2D eigenvalue weighted by Gasteiger charge is 2.32. The molecule has 0 saturated carbocycles. The van der Waals surface area contributed by atoms with E-state index in [1.165, 1.54) is 28.6 Å². The molecule has 1 N–H and O–H groups in total. The van der Waals surface area contributed by atoms with E-state index >= 15 is 0 Å². The van der Waals surface area contributed by atoms with E-state index in [0.29, 0.717) is 31.5 Å². The van der Waals surface area contributed by atoms with E-state index in [2.05, 4.69) is 5.32 Å². The second kappa shape index (κ2) is 8.84. The predicted octanol–water partition coefficient (Wildman–Crippen LogP) is 2.99. The van der Waals surface area contributed by atoms with Gasteiger partial charge in [0, 0.05) is 19.6 Å². The molecule has 2 aromatic carbocycles. The van der Waals surface area contributed by atoms with Crippen LogP contribution in [-0.2, 0) is 27.1 Å². The summed E-state index contributed by atoms with van der Waals surface area (Å²) in [6, 6.07) is 13.3. The van der Waals surface area contributed by atoms with Gasteiger partial charge in [-0.25, -0.2) is 17.1 Å². The molecule has 150 valence electrons. The standard InChI is InChI=1S/C21H25FN2O3S/c1-16-5-2-3-6-18(16)13-23-21(25)19-7-4-12-24(14-19)28(26,27)15-17-8-10-20(22)11-9-17/h2-3,5-6,8-11,19H,4,7,12-15H2,1H3,(H,23,25). The summed E-state index contributed by atoms with van der Waals surface area (Å²) < 4.78 is 39.9. The van der Waals surface area contributed by atoms with Crippen molar-refractivity contribution >= 4 is 15.9 Å². The molecule has 0 aromatic heterocycles. The van der Waals surface area contributed by atoms with E-state index in [4.69, 9.17) is 0 Å². The zero-order valence-corrected chi connectivity index (χ0v) is 16.7. The summed E-state index contributed by atoms with van der Waals surface area (Å²) in [5.41, 5.74) is 2.69. The maximum Gasteiger partial charge on any atom is 0.224 e. The van der Waals surface area contributed by atoms with Gasteiger partial charge in [0.2, 0.25) is 15.9 Å². The Morgan fingerprint density at radius 1 is 1.18 bits per heavy atom. The van der Waals surface area contributed by atoms with Crippen molar-refractivity contribution in [2.75, 3.05) is 13.1 Å². The van der Waals surface area contributed by atoms with Gasteiger partial charge in [-0.3, -0.25) is 4.79 Å². The van der Waals surface area contributed by atoms with E-state index in [9.17, 15) is 17.6 Å². The number of aryl methyl sites for hydroxylation is 1. The first-order chi connectivity index (χ1) is 13.3. The van der Waals surface area contributed by atoms with Gasteiger partial charge in [0.15, 0.2) is 0 Å². The number of halogens is 1. The molecule has 28 heavy (non-hydrogen) atoms. The molecule has 2 aromatic rings. The van der Waals surface area contributed by atoms with E-state index in [1.807, 2.05) is 31.2 Å². The second-order valence-electron chi connectivity index (χ2n) is 7.22. The van der Waals surface area contributed by atoms with Gasteiger partial charge in [-0.15, -0.1) is 0 Å². The van der Waals surface area contributed by atoms with Crippen LogP contribution >= 0.6 is 0 Å². The van der Waals surface area contributed by atoms with Crippen molar-refractivity contribution in [2.24, 2.45) is 5.92 Å². The monoisotopic (exact) mass is 404 g/mol. The van der Waals surface area contributed by atoms with Crippen LogP contribution in [0.25, 0.3) is 0 Å². The maximum atomic E-state index is 13.0. The number of amides is 1. The number of nitrogens with one attached hydrogen (secondary N) is 1. The second-order valence-corrected chi connectivity index (χ2v) is 9.19. The van der Waals surface area contributed by atoms with Crippen LogP contribution in [0.2, 0.25) is 0 Å². The molecule has 1 aliphatic rings. The largest absolute Gasteiger partial charge is 0.352 e. The SMILES string of the molecule is Cc1ccccc1CNC(=O)C1CCCN(S(=O)(=O)Cc2ccc(F)cc2)C1. The van der Waals surface area contributed by atoms with Gasteiger partial charge >= 0.3 is 0 Å². The smallest absolute Gasteiger partial charge is 0.224 e. The molecular formula is C21H25FN2O3S. The van der Waals surface area contributed by atoms with Crippen molar-refractivity contribution in [1.29, 1.82) is 0 Å². The number of piperidine rings is 1. The summed E-state index contributed by atoms with van der Waals surface area (Å²) in [6.45, 7) is 3.02. The van der Waals surface area contributed by atoms with Gasteiger partial charge in [-0.05, 0) is 48.6 Å². The molecule has 1 amide bonds. The minimum atomic E-state index is -3.56. The van der Waals surface area contributed by atoms with Gasteiger partial charge in [0.05, 0.1) is 11.7 Å². The molecule has 7 heteroatoms. The number of carbonyl (C=O) groups is 1. The first kappa shape index (κ1) is 20.5. The number of nitrogens with zero attached hydrogens (tertiary/aromatic N) is 1. The minimum Gasteiger partial charge on any atom is -0.352 e. The van der Waals surface area contributed by atoms with Crippen LogP contribution in [0.1, 0.15) is 29.5 Å². The lowest BCUT2D eigenvalue weighted by Gasteiger charge is -2.31. The lowest BCUT2D eigenvalue weighted by atomic mass is 9.98. The molecule has 1 heterocycles. The highest BCUT2D eigenvalue weighted by Crippen LogP contribution is 2.22. The Hall–Kier alpha value is -2.25. The number of hydrogen-bond acceptors (Lipinski definition) is 3. The van der Waals surface area contributed by atoms with Crippen LogP contribution in [-0.4, -0.2) is 31.7 Å². The Labute approximate surface area is 165 Å². The molecule has 0 spiro atoms. The van der Waals surface area contributed by atoms with Crippen LogP contribution in [0.15, 0.2) is 48.5 Å². The quantitative estimate of drug-likeness (QED) is 0.805. The van der Waals surface area contributed by atoms with Gasteiger partial charge in [0.25, 0.3) is 0 Å². The first-order valence-corrected chi connectivity index (χ1v) is 11.0. The summed E-state index contributed by atoms with van der Waals surface area (Å²) in [4.78, 5) is 12.6. The molecule has 0 bridgehead atoms. The summed E-state index contributed by atoms with van der Waals surface area (Å²) in [7, 11) is -3.56. The number of hydrogen-bond donors (Lipinski definition) is 1. The van der Waals surface area contributed by atoms with Crippen LogP contribution in [0.4, 0.5) is 4.39 Å². The molecule has 3 rings (SSSR count). The van der Waals surface area contributed by atoms with Crippen LogP contribution < -0.4 is 5.32 Å². The first-order valence-electron chi connectivity index (χ1n) is 9.39. The summed E-state index contributed by atoms with van der Waals surface area (Å²) in [6.07, 6.45) is 1.31. The summed E-state index contributed by atoms with van der Waals surface area (Å²) in [5, 5.41) is 2.94. The average Bonchev–Trinajstić information content (AvgIpc) is 2.69. The van der Waals surface area contributed by atoms with Crippen LogP contribution in [0.3, 0.4) is 0 Å².